The molecule has 1 aliphatic heterocycles. The molecule has 2 aliphatic carbocycles. The Morgan fingerprint density at radius 2 is 1.75 bits per heavy atom. The Labute approximate surface area is 267 Å². The Bertz CT molecular complexity index is 1190. The van der Waals surface area contributed by atoms with Crippen molar-refractivity contribution in [2.24, 2.45) is 34.5 Å². The molecule has 2 heterocycles. The van der Waals surface area contributed by atoms with E-state index < -0.39 is 47.4 Å². The van der Waals surface area contributed by atoms with Crippen molar-refractivity contribution in [3.05, 3.63) is 21.7 Å². The minimum absolute atomic E-state index is 0.0865. The summed E-state index contributed by atoms with van der Waals surface area (Å²) >= 11 is 1.61. The minimum atomic E-state index is -1.40. The SMILES string of the molecule is C/C(=C\c1csc(CN2CCN(C)CC2)n1)C1CC2C(O)C2(C)CCCC(C)C(O)C(C)C(=O)C(C)(C)C(O)CC(=O)C1O. The molecule has 3 aliphatic rings. The zero-order valence-electron chi connectivity index (χ0n) is 27.7. The zero-order chi connectivity index (χ0) is 32.6. The van der Waals surface area contributed by atoms with Gasteiger partial charge in [0.05, 0.1) is 36.0 Å². The molecule has 9 unspecified atom stereocenters. The van der Waals surface area contributed by atoms with E-state index in [1.807, 2.05) is 25.3 Å². The van der Waals surface area contributed by atoms with Crippen LogP contribution in [0.4, 0.5) is 0 Å². The molecule has 0 radical (unpaired) electrons. The number of likely N-dealkylation sites (N-methyl/N-ethyl adjacent to an activating group) is 1. The molecule has 4 rings (SSSR count). The van der Waals surface area contributed by atoms with E-state index in [1.54, 1.807) is 32.1 Å². The standard InChI is InChI=1S/C34H55N3O6S/c1-20-9-8-10-34(6)25(32(34)43)16-24(30(41)26(38)17-27(39)33(4,5)31(42)22(3)29(20)40)21(2)15-23-19-44-28(35-23)18-37-13-11-36(7)12-14-37/h15,19-20,22,24-25,27,29-30,32,39-41,43H,8-14,16-18H2,1-7H3/b21-15+. The number of hydrogen-bond acceptors (Lipinski definition) is 10. The predicted octanol–water partition coefficient (Wildman–Crippen LogP) is 3.39. The quantitative estimate of drug-likeness (QED) is 0.394. The molecular formula is C34H55N3O6S. The van der Waals surface area contributed by atoms with Gasteiger partial charge in [-0.3, -0.25) is 14.5 Å². The number of aliphatic hydroxyl groups excluding tert-OH is 4. The van der Waals surface area contributed by atoms with Crippen LogP contribution in [0.1, 0.15) is 84.3 Å². The van der Waals surface area contributed by atoms with Crippen molar-refractivity contribution in [3.63, 3.8) is 0 Å². The van der Waals surface area contributed by atoms with E-state index in [0.717, 1.165) is 61.8 Å². The Hall–Kier alpha value is -1.53. The van der Waals surface area contributed by atoms with Crippen LogP contribution in [-0.2, 0) is 16.1 Å². The molecule has 4 N–H and O–H groups in total. The summed E-state index contributed by atoms with van der Waals surface area (Å²) in [6, 6.07) is 0. The van der Waals surface area contributed by atoms with Crippen LogP contribution < -0.4 is 0 Å². The molecular weight excluding hydrogens is 578 g/mol. The number of piperazine rings is 1. The van der Waals surface area contributed by atoms with E-state index >= 15 is 0 Å². The van der Waals surface area contributed by atoms with Gasteiger partial charge in [0.2, 0.25) is 0 Å². The maximum atomic E-state index is 13.5. The second kappa shape index (κ2) is 14.1. The highest BCUT2D eigenvalue weighted by molar-refractivity contribution is 7.09. The largest absolute Gasteiger partial charge is 0.392 e. The number of Topliss-reactive ketones (excluding diaryl/α,β-unsaturated/α-hetero) is 2. The molecule has 3 fully saturated rings. The van der Waals surface area contributed by atoms with Gasteiger partial charge in [0.25, 0.3) is 0 Å². The summed E-state index contributed by atoms with van der Waals surface area (Å²) in [4.78, 5) is 36.5. The van der Waals surface area contributed by atoms with Crippen LogP contribution in [0.3, 0.4) is 0 Å². The number of aliphatic hydroxyl groups is 4. The van der Waals surface area contributed by atoms with Gasteiger partial charge in [0, 0.05) is 49.8 Å². The van der Waals surface area contributed by atoms with E-state index in [2.05, 4.69) is 23.8 Å². The van der Waals surface area contributed by atoms with Gasteiger partial charge in [-0.1, -0.05) is 46.6 Å². The lowest BCUT2D eigenvalue weighted by molar-refractivity contribution is -0.144. The van der Waals surface area contributed by atoms with Gasteiger partial charge < -0.3 is 25.3 Å². The lowest BCUT2D eigenvalue weighted by atomic mass is 9.71. The van der Waals surface area contributed by atoms with E-state index in [1.165, 1.54) is 0 Å². The average molecular weight is 634 g/mol. The molecule has 248 valence electrons. The fourth-order valence-electron chi connectivity index (χ4n) is 7.37. The predicted molar refractivity (Wildman–Crippen MR) is 173 cm³/mol. The second-order valence-electron chi connectivity index (χ2n) is 14.9. The first-order valence-corrected chi connectivity index (χ1v) is 17.3. The molecule has 0 aromatic carbocycles. The van der Waals surface area contributed by atoms with Gasteiger partial charge >= 0.3 is 0 Å². The molecule has 44 heavy (non-hydrogen) atoms. The van der Waals surface area contributed by atoms with Crippen LogP contribution in [0.2, 0.25) is 0 Å². The van der Waals surface area contributed by atoms with Crippen LogP contribution in [0.5, 0.6) is 0 Å². The molecule has 10 heteroatoms. The van der Waals surface area contributed by atoms with Gasteiger partial charge in [-0.2, -0.15) is 0 Å². The van der Waals surface area contributed by atoms with Gasteiger partial charge in [0.15, 0.2) is 5.78 Å². The smallest absolute Gasteiger partial charge is 0.164 e. The first-order chi connectivity index (χ1) is 20.6. The molecule has 1 aromatic heterocycles. The Kier molecular flexibility index (Phi) is 11.3. The lowest BCUT2D eigenvalue weighted by Crippen LogP contribution is -2.46. The number of carbonyl (C=O) groups is 2. The topological polar surface area (TPSA) is 134 Å². The van der Waals surface area contributed by atoms with Crippen molar-refractivity contribution < 1.29 is 30.0 Å². The van der Waals surface area contributed by atoms with E-state index in [4.69, 9.17) is 4.98 Å². The fourth-order valence-corrected chi connectivity index (χ4v) is 8.16. The third kappa shape index (κ3) is 7.70. The third-order valence-corrected chi connectivity index (χ3v) is 12.1. The van der Waals surface area contributed by atoms with Crippen molar-refractivity contribution in [2.75, 3.05) is 33.2 Å². The van der Waals surface area contributed by atoms with Crippen LogP contribution in [0.15, 0.2) is 11.0 Å². The number of ketones is 2. The maximum Gasteiger partial charge on any atom is 0.164 e. The number of nitrogens with zero attached hydrogens (tertiary/aromatic N) is 3. The van der Waals surface area contributed by atoms with Crippen molar-refractivity contribution in [3.8, 4) is 0 Å². The first kappa shape index (κ1) is 35.3. The van der Waals surface area contributed by atoms with Crippen molar-refractivity contribution in [1.29, 1.82) is 0 Å². The van der Waals surface area contributed by atoms with Crippen LogP contribution in [0.25, 0.3) is 6.08 Å². The van der Waals surface area contributed by atoms with E-state index in [0.29, 0.717) is 12.8 Å². The van der Waals surface area contributed by atoms with Crippen LogP contribution >= 0.6 is 11.3 Å². The van der Waals surface area contributed by atoms with Gasteiger partial charge in [-0.15, -0.1) is 11.3 Å². The Morgan fingerprint density at radius 1 is 1.09 bits per heavy atom. The number of rotatable bonds is 4. The summed E-state index contributed by atoms with van der Waals surface area (Å²) in [6.45, 7) is 15.7. The highest BCUT2D eigenvalue weighted by Crippen LogP contribution is 2.59. The number of fused-ring (bicyclic) bond motifs is 1. The summed E-state index contributed by atoms with van der Waals surface area (Å²) in [5.41, 5.74) is -0.0303. The van der Waals surface area contributed by atoms with Crippen LogP contribution in [0, 0.1) is 34.5 Å². The normalized spacial score (nSPS) is 38.8. The summed E-state index contributed by atoms with van der Waals surface area (Å²) in [5.74, 6) is -2.33. The number of hydrogen-bond donors (Lipinski definition) is 4. The maximum absolute atomic E-state index is 13.5. The molecule has 9 nitrogen and oxygen atoms in total. The fraction of sp³-hybridized carbons (Fsp3) is 0.794. The number of aromatic nitrogens is 1. The molecule has 0 bridgehead atoms. The average Bonchev–Trinajstić information content (AvgIpc) is 3.25. The van der Waals surface area contributed by atoms with Gasteiger partial charge in [-0.05, 0) is 56.6 Å². The Balaban J connectivity index is 1.57. The molecule has 0 amide bonds. The number of thiazole rings is 1. The molecule has 0 spiro atoms. The highest BCUT2D eigenvalue weighted by atomic mass is 32.1. The summed E-state index contributed by atoms with van der Waals surface area (Å²) in [5, 5.41) is 47.7. The first-order valence-electron chi connectivity index (χ1n) is 16.4. The molecule has 2 saturated carbocycles. The zero-order valence-corrected chi connectivity index (χ0v) is 28.5. The van der Waals surface area contributed by atoms with E-state index in [-0.39, 0.29) is 29.5 Å². The lowest BCUT2D eigenvalue weighted by Gasteiger charge is -2.35. The van der Waals surface area contributed by atoms with Gasteiger partial charge in [-0.25, -0.2) is 4.98 Å². The third-order valence-electron chi connectivity index (χ3n) is 11.2. The second-order valence-corrected chi connectivity index (χ2v) is 15.8. The Morgan fingerprint density at radius 3 is 2.41 bits per heavy atom. The monoisotopic (exact) mass is 633 g/mol. The van der Waals surface area contributed by atoms with Crippen molar-refractivity contribution >= 4 is 29.0 Å². The molecule has 1 aromatic rings. The van der Waals surface area contributed by atoms with E-state index in [9.17, 15) is 30.0 Å². The highest BCUT2D eigenvalue weighted by Gasteiger charge is 2.60. The van der Waals surface area contributed by atoms with Crippen LogP contribution in [-0.4, -0.2) is 104 Å². The summed E-state index contributed by atoms with van der Waals surface area (Å²) < 4.78 is 0. The summed E-state index contributed by atoms with van der Waals surface area (Å²) in [6.07, 6.45) is 0.101. The van der Waals surface area contributed by atoms with Crippen molar-refractivity contribution in [2.45, 2.75) is 105 Å². The molecule has 9 atom stereocenters. The van der Waals surface area contributed by atoms with Gasteiger partial charge in [0.1, 0.15) is 16.9 Å². The molecule has 1 saturated heterocycles. The minimum Gasteiger partial charge on any atom is -0.392 e. The van der Waals surface area contributed by atoms with Crippen molar-refractivity contribution in [1.82, 2.24) is 14.8 Å². The summed E-state index contributed by atoms with van der Waals surface area (Å²) in [7, 11) is 2.14. The number of carbonyl (C=O) groups excluding carboxylic acids is 2.